The van der Waals surface area contributed by atoms with Crippen LogP contribution in [0.1, 0.15) is 4.88 Å². The lowest BCUT2D eigenvalue weighted by Gasteiger charge is -2.30. The van der Waals surface area contributed by atoms with Crippen LogP contribution in [0.25, 0.3) is 0 Å². The van der Waals surface area contributed by atoms with Gasteiger partial charge in [-0.25, -0.2) is 8.42 Å². The average Bonchev–Trinajstić information content (AvgIpc) is 2.82. The Balaban J connectivity index is 2.19. The van der Waals surface area contributed by atoms with Gasteiger partial charge in [-0.05, 0) is 25.1 Å². The fourth-order valence-electron chi connectivity index (χ4n) is 1.84. The number of thiophene rings is 1. The van der Waals surface area contributed by atoms with Crippen molar-refractivity contribution in [3.63, 3.8) is 0 Å². The number of likely N-dealkylation sites (N-methyl/N-ethyl adjacent to an activating group) is 1. The molecule has 1 aliphatic rings. The van der Waals surface area contributed by atoms with Gasteiger partial charge >= 0.3 is 0 Å². The first-order valence-electron chi connectivity index (χ1n) is 5.98. The van der Waals surface area contributed by atoms with Gasteiger partial charge < -0.3 is 10.6 Å². The number of nitrogens with zero attached hydrogens (tertiary/aromatic N) is 2. The largest absolute Gasteiger partial charge is 0.343 e. The van der Waals surface area contributed by atoms with Gasteiger partial charge in [-0.3, -0.25) is 4.79 Å². The number of hydrogen-bond donors (Lipinski definition) is 1. The van der Waals surface area contributed by atoms with Crippen LogP contribution in [0.2, 0.25) is 0 Å². The van der Waals surface area contributed by atoms with Crippen LogP contribution < -0.4 is 5.73 Å². The lowest BCUT2D eigenvalue weighted by molar-refractivity contribution is -0.132. The molecule has 6 nitrogen and oxygen atoms in total. The second kappa shape index (κ2) is 5.58. The molecule has 1 saturated heterocycles. The van der Waals surface area contributed by atoms with Crippen LogP contribution in [0, 0.1) is 0 Å². The summed E-state index contributed by atoms with van der Waals surface area (Å²) in [7, 11) is -1.87. The zero-order valence-electron chi connectivity index (χ0n) is 10.7. The third kappa shape index (κ3) is 2.97. The molecule has 2 N–H and O–H groups in total. The van der Waals surface area contributed by atoms with Crippen LogP contribution in [0.4, 0.5) is 0 Å². The molecule has 0 aromatic carbocycles. The first-order chi connectivity index (χ1) is 8.95. The van der Waals surface area contributed by atoms with E-state index >= 15 is 0 Å². The molecule has 1 aromatic rings. The molecule has 1 amide bonds. The predicted molar refractivity (Wildman–Crippen MR) is 73.5 cm³/mol. The predicted octanol–water partition coefficient (Wildman–Crippen LogP) is -0.288. The zero-order chi connectivity index (χ0) is 14.0. The third-order valence-electron chi connectivity index (χ3n) is 3.04. The zero-order valence-corrected chi connectivity index (χ0v) is 12.3. The summed E-state index contributed by atoms with van der Waals surface area (Å²) in [5.41, 5.74) is 5.45. The first kappa shape index (κ1) is 14.4. The molecule has 0 radical (unpaired) electrons. The van der Waals surface area contributed by atoms with Gasteiger partial charge in [0, 0.05) is 25.0 Å². The molecule has 19 heavy (non-hydrogen) atoms. The summed E-state index contributed by atoms with van der Waals surface area (Å²) in [5, 5.41) is 0. The molecular weight excluding hydrogens is 286 g/mol. The Morgan fingerprint density at radius 3 is 2.74 bits per heavy atom. The van der Waals surface area contributed by atoms with Crippen molar-refractivity contribution in [2.24, 2.45) is 5.73 Å². The molecule has 0 unspecified atom stereocenters. The van der Waals surface area contributed by atoms with E-state index in [-0.39, 0.29) is 16.7 Å². The fraction of sp³-hybridized carbons (Fsp3) is 0.545. The monoisotopic (exact) mass is 303 g/mol. The van der Waals surface area contributed by atoms with Gasteiger partial charge in [0.2, 0.25) is 5.91 Å². The highest BCUT2D eigenvalue weighted by molar-refractivity contribution is 7.91. The second-order valence-corrected chi connectivity index (χ2v) is 7.75. The van der Waals surface area contributed by atoms with Gasteiger partial charge in [0.25, 0.3) is 10.0 Å². The SMILES string of the molecule is CN1CCN(S(=O)(=O)c2ccc(CCN)s2)CC1=O. The van der Waals surface area contributed by atoms with Gasteiger partial charge in [0.15, 0.2) is 0 Å². The Kier molecular flexibility index (Phi) is 4.24. The summed E-state index contributed by atoms with van der Waals surface area (Å²) in [6.07, 6.45) is 0.669. The van der Waals surface area contributed by atoms with Crippen molar-refractivity contribution in [1.82, 2.24) is 9.21 Å². The van der Waals surface area contributed by atoms with Gasteiger partial charge in [0.05, 0.1) is 6.54 Å². The lowest BCUT2D eigenvalue weighted by atomic mass is 10.3. The molecule has 1 fully saturated rings. The van der Waals surface area contributed by atoms with Crippen molar-refractivity contribution in [3.8, 4) is 0 Å². The quantitative estimate of drug-likeness (QED) is 0.828. The topological polar surface area (TPSA) is 83.7 Å². The summed E-state index contributed by atoms with van der Waals surface area (Å²) in [6, 6.07) is 3.37. The Morgan fingerprint density at radius 1 is 1.37 bits per heavy atom. The molecule has 1 aromatic heterocycles. The van der Waals surface area contributed by atoms with E-state index in [1.165, 1.54) is 15.6 Å². The lowest BCUT2D eigenvalue weighted by Crippen LogP contribution is -2.50. The first-order valence-corrected chi connectivity index (χ1v) is 8.23. The molecule has 0 atom stereocenters. The van der Waals surface area contributed by atoms with Crippen LogP contribution in [-0.4, -0.2) is 56.8 Å². The number of amides is 1. The van der Waals surface area contributed by atoms with Crippen LogP contribution in [-0.2, 0) is 21.2 Å². The highest BCUT2D eigenvalue weighted by Gasteiger charge is 2.32. The van der Waals surface area contributed by atoms with E-state index in [1.54, 1.807) is 24.1 Å². The van der Waals surface area contributed by atoms with Crippen LogP contribution >= 0.6 is 11.3 Å². The minimum Gasteiger partial charge on any atom is -0.343 e. The van der Waals surface area contributed by atoms with E-state index in [9.17, 15) is 13.2 Å². The summed E-state index contributed by atoms with van der Waals surface area (Å²) in [4.78, 5) is 14.1. The maximum atomic E-state index is 12.4. The molecule has 106 valence electrons. The normalized spacial score (nSPS) is 18.0. The third-order valence-corrected chi connectivity index (χ3v) is 6.50. The van der Waals surface area contributed by atoms with Gasteiger partial charge in [-0.1, -0.05) is 0 Å². The summed E-state index contributed by atoms with van der Waals surface area (Å²) in [6.45, 7) is 1.18. The Hall–Kier alpha value is -0.960. The number of rotatable bonds is 4. The van der Waals surface area contributed by atoms with E-state index in [1.807, 2.05) is 0 Å². The number of nitrogens with two attached hydrogens (primary N) is 1. The number of hydrogen-bond acceptors (Lipinski definition) is 5. The second-order valence-electron chi connectivity index (χ2n) is 4.41. The minimum absolute atomic E-state index is 0.0804. The van der Waals surface area contributed by atoms with Crippen LogP contribution in [0.5, 0.6) is 0 Å². The molecule has 2 heterocycles. The van der Waals surface area contributed by atoms with Crippen molar-refractivity contribution in [2.75, 3.05) is 33.2 Å². The maximum Gasteiger partial charge on any atom is 0.253 e. The number of carbonyl (C=O) groups is 1. The highest BCUT2D eigenvalue weighted by Crippen LogP contribution is 2.25. The van der Waals surface area contributed by atoms with Crippen molar-refractivity contribution < 1.29 is 13.2 Å². The van der Waals surface area contributed by atoms with Crippen LogP contribution in [0.3, 0.4) is 0 Å². The van der Waals surface area contributed by atoms with Gasteiger partial charge in [0.1, 0.15) is 4.21 Å². The molecular formula is C11H17N3O3S2. The summed E-state index contributed by atoms with van der Waals surface area (Å²) < 4.78 is 26.3. The summed E-state index contributed by atoms with van der Waals surface area (Å²) >= 11 is 1.23. The van der Waals surface area contributed by atoms with E-state index in [4.69, 9.17) is 5.73 Å². The molecule has 1 aliphatic heterocycles. The van der Waals surface area contributed by atoms with Crippen molar-refractivity contribution >= 4 is 27.3 Å². The molecule has 0 saturated carbocycles. The Morgan fingerprint density at radius 2 is 2.11 bits per heavy atom. The fourth-order valence-corrected chi connectivity index (χ4v) is 4.75. The standard InChI is InChI=1S/C11H17N3O3S2/c1-13-6-7-14(8-10(13)15)19(16,17)11-3-2-9(18-11)4-5-12/h2-3H,4-8,12H2,1H3. The molecule has 0 bridgehead atoms. The molecule has 2 rings (SSSR count). The molecule has 0 spiro atoms. The van der Waals surface area contributed by atoms with Gasteiger partial charge in [-0.15, -0.1) is 11.3 Å². The highest BCUT2D eigenvalue weighted by atomic mass is 32.2. The number of carbonyl (C=O) groups excluding carboxylic acids is 1. The molecule has 0 aliphatic carbocycles. The summed E-state index contributed by atoms with van der Waals surface area (Å²) in [5.74, 6) is -0.173. The minimum atomic E-state index is -3.55. The Bertz CT molecular complexity index is 567. The van der Waals surface area contributed by atoms with Crippen molar-refractivity contribution in [3.05, 3.63) is 17.0 Å². The van der Waals surface area contributed by atoms with Gasteiger partial charge in [-0.2, -0.15) is 4.31 Å². The van der Waals surface area contributed by atoms with E-state index in [0.717, 1.165) is 4.88 Å². The van der Waals surface area contributed by atoms with E-state index < -0.39 is 10.0 Å². The maximum absolute atomic E-state index is 12.4. The van der Waals surface area contributed by atoms with E-state index in [2.05, 4.69) is 0 Å². The number of piperazine rings is 1. The Labute approximate surface area is 116 Å². The molecule has 8 heteroatoms. The number of sulfonamides is 1. The van der Waals surface area contributed by atoms with E-state index in [0.29, 0.717) is 26.1 Å². The van der Waals surface area contributed by atoms with Crippen molar-refractivity contribution in [2.45, 2.75) is 10.6 Å². The average molecular weight is 303 g/mol. The van der Waals surface area contributed by atoms with Crippen molar-refractivity contribution in [1.29, 1.82) is 0 Å². The smallest absolute Gasteiger partial charge is 0.253 e. The van der Waals surface area contributed by atoms with Crippen LogP contribution in [0.15, 0.2) is 16.3 Å².